The van der Waals surface area contributed by atoms with E-state index in [1.54, 1.807) is 6.07 Å². The molecule has 4 fully saturated rings. The molecule has 4 saturated carbocycles. The van der Waals surface area contributed by atoms with Gasteiger partial charge in [0.1, 0.15) is 0 Å². The lowest BCUT2D eigenvalue weighted by Gasteiger charge is -2.41. The van der Waals surface area contributed by atoms with Crippen LogP contribution in [0, 0.1) is 59.0 Å². The lowest BCUT2D eigenvalue weighted by molar-refractivity contribution is 0.0716. The molecule has 0 aromatic heterocycles. The fourth-order valence-corrected chi connectivity index (χ4v) is 7.55. The smallest absolute Gasteiger partial charge is 0.159 e. The Bertz CT molecular complexity index is 624. The Hall–Kier alpha value is -0.920. The van der Waals surface area contributed by atoms with Crippen LogP contribution in [0.3, 0.4) is 0 Å². The molecule has 1 aromatic carbocycles. The number of hydrogen-bond acceptors (Lipinski definition) is 0. The largest absolute Gasteiger partial charge is 0.204 e. The van der Waals surface area contributed by atoms with Gasteiger partial charge in [0.15, 0.2) is 11.6 Å². The van der Waals surface area contributed by atoms with E-state index < -0.39 is 11.6 Å². The van der Waals surface area contributed by atoms with Gasteiger partial charge in [-0.05, 0) is 97.1 Å². The molecule has 5 rings (SSSR count). The minimum atomic E-state index is -0.722. The van der Waals surface area contributed by atoms with Crippen LogP contribution in [0.15, 0.2) is 18.2 Å². The summed E-state index contributed by atoms with van der Waals surface area (Å²) in [4.78, 5) is 0. The molecule has 0 heterocycles. The van der Waals surface area contributed by atoms with Crippen LogP contribution in [0.25, 0.3) is 0 Å². The van der Waals surface area contributed by atoms with Gasteiger partial charge in [0.25, 0.3) is 0 Å². The Kier molecular flexibility index (Phi) is 3.16. The van der Waals surface area contributed by atoms with Crippen molar-refractivity contribution < 1.29 is 8.78 Å². The van der Waals surface area contributed by atoms with Crippen molar-refractivity contribution in [2.75, 3.05) is 0 Å². The lowest BCUT2D eigenvalue weighted by atomic mass is 9.63. The molecule has 4 aliphatic carbocycles. The van der Waals surface area contributed by atoms with E-state index in [1.165, 1.54) is 44.2 Å². The third-order valence-corrected chi connectivity index (χ3v) is 8.10. The molecule has 8 atom stereocenters. The van der Waals surface area contributed by atoms with Crippen molar-refractivity contribution in [3.63, 3.8) is 0 Å². The van der Waals surface area contributed by atoms with E-state index in [2.05, 4.69) is 6.92 Å². The Morgan fingerprint density at radius 1 is 0.870 bits per heavy atom. The van der Waals surface area contributed by atoms with Gasteiger partial charge in [0.05, 0.1) is 0 Å². The second-order valence-corrected chi connectivity index (χ2v) is 8.83. The predicted molar refractivity (Wildman–Crippen MR) is 86.7 cm³/mol. The van der Waals surface area contributed by atoms with E-state index in [9.17, 15) is 8.78 Å². The third-order valence-electron chi connectivity index (χ3n) is 8.10. The molecule has 4 bridgehead atoms. The molecule has 2 heteroatoms. The van der Waals surface area contributed by atoms with Crippen molar-refractivity contribution in [2.45, 2.75) is 45.4 Å². The van der Waals surface area contributed by atoms with Crippen LogP contribution >= 0.6 is 0 Å². The van der Waals surface area contributed by atoms with Gasteiger partial charge in [-0.3, -0.25) is 0 Å². The topological polar surface area (TPSA) is 0 Å². The summed E-state index contributed by atoms with van der Waals surface area (Å²) < 4.78 is 26.6. The van der Waals surface area contributed by atoms with Crippen LogP contribution in [-0.2, 0) is 6.42 Å². The van der Waals surface area contributed by atoms with Gasteiger partial charge in [0, 0.05) is 0 Å². The average molecular weight is 316 g/mol. The standard InChI is InChI=1S/C21H26F2/c1-2-12-7-14-9-16(12)21-17-10-15(20(14)21)8-13(17)5-11-3-4-18(22)19(23)6-11/h3-4,6,12-17,20-21H,2,5,7-10H2,1H3. The second-order valence-electron chi connectivity index (χ2n) is 8.83. The molecule has 0 radical (unpaired) electrons. The average Bonchev–Trinajstić information content (AvgIpc) is 3.27. The molecule has 124 valence electrons. The molecule has 23 heavy (non-hydrogen) atoms. The summed E-state index contributed by atoms with van der Waals surface area (Å²) in [5.41, 5.74) is 0.994. The van der Waals surface area contributed by atoms with E-state index in [-0.39, 0.29) is 0 Å². The Morgan fingerprint density at radius 3 is 2.26 bits per heavy atom. The molecule has 4 aliphatic rings. The molecule has 1 aromatic rings. The van der Waals surface area contributed by atoms with Crippen LogP contribution in [-0.4, -0.2) is 0 Å². The van der Waals surface area contributed by atoms with E-state index in [1.807, 2.05) is 0 Å². The molecule has 8 unspecified atom stereocenters. The van der Waals surface area contributed by atoms with E-state index in [4.69, 9.17) is 0 Å². The maximum atomic E-state index is 13.5. The first-order valence-corrected chi connectivity index (χ1v) is 9.59. The summed E-state index contributed by atoms with van der Waals surface area (Å²) in [6.07, 6.45) is 8.07. The van der Waals surface area contributed by atoms with Gasteiger partial charge in [-0.25, -0.2) is 8.78 Å². The van der Waals surface area contributed by atoms with Crippen molar-refractivity contribution in [2.24, 2.45) is 47.3 Å². The van der Waals surface area contributed by atoms with Crippen molar-refractivity contribution in [3.05, 3.63) is 35.4 Å². The fraction of sp³-hybridized carbons (Fsp3) is 0.714. The maximum absolute atomic E-state index is 13.5. The molecular formula is C21H26F2. The number of rotatable bonds is 3. The lowest BCUT2D eigenvalue weighted by Crippen LogP contribution is -2.36. The Balaban J connectivity index is 1.36. The van der Waals surface area contributed by atoms with Gasteiger partial charge in [-0.2, -0.15) is 0 Å². The van der Waals surface area contributed by atoms with Crippen molar-refractivity contribution in [3.8, 4) is 0 Å². The molecule has 0 N–H and O–H groups in total. The minimum absolute atomic E-state index is 0.686. The first-order chi connectivity index (χ1) is 11.2. The highest BCUT2D eigenvalue weighted by atomic mass is 19.2. The van der Waals surface area contributed by atoms with Crippen molar-refractivity contribution in [1.82, 2.24) is 0 Å². The number of hydrogen-bond donors (Lipinski definition) is 0. The Morgan fingerprint density at radius 2 is 1.57 bits per heavy atom. The zero-order valence-corrected chi connectivity index (χ0v) is 13.8. The van der Waals surface area contributed by atoms with Gasteiger partial charge in [-0.15, -0.1) is 0 Å². The quantitative estimate of drug-likeness (QED) is 0.649. The monoisotopic (exact) mass is 316 g/mol. The van der Waals surface area contributed by atoms with Gasteiger partial charge in [0.2, 0.25) is 0 Å². The molecule has 0 amide bonds. The zero-order valence-electron chi connectivity index (χ0n) is 13.8. The molecular weight excluding hydrogens is 290 g/mol. The van der Waals surface area contributed by atoms with Gasteiger partial charge < -0.3 is 0 Å². The molecule has 0 spiro atoms. The highest BCUT2D eigenvalue weighted by molar-refractivity contribution is 5.20. The van der Waals surface area contributed by atoms with Gasteiger partial charge in [-0.1, -0.05) is 19.4 Å². The number of benzene rings is 1. The first kappa shape index (κ1) is 14.4. The SMILES string of the molecule is CCC1CC2CC1C1C3CC(CC3Cc3ccc(F)c(F)c3)C21. The number of fused-ring (bicyclic) bond motifs is 9. The molecule has 0 nitrogen and oxygen atoms in total. The number of halogens is 2. The summed E-state index contributed by atoms with van der Waals surface area (Å²) >= 11 is 0. The highest BCUT2D eigenvalue weighted by Gasteiger charge is 2.63. The van der Waals surface area contributed by atoms with Crippen LogP contribution in [0.4, 0.5) is 8.78 Å². The second kappa shape index (κ2) is 5.04. The summed E-state index contributed by atoms with van der Waals surface area (Å²) in [7, 11) is 0. The third kappa shape index (κ3) is 1.99. The Labute approximate surface area is 137 Å². The summed E-state index contributed by atoms with van der Waals surface area (Å²) in [5, 5.41) is 0. The summed E-state index contributed by atoms with van der Waals surface area (Å²) in [6, 6.07) is 4.51. The first-order valence-electron chi connectivity index (χ1n) is 9.59. The summed E-state index contributed by atoms with van der Waals surface area (Å²) in [5.74, 6) is 6.08. The highest BCUT2D eigenvalue weighted by Crippen LogP contribution is 2.70. The maximum Gasteiger partial charge on any atom is 0.159 e. The fourth-order valence-electron chi connectivity index (χ4n) is 7.55. The summed E-state index contributed by atoms with van der Waals surface area (Å²) in [6.45, 7) is 2.37. The normalized spacial score (nSPS) is 46.6. The van der Waals surface area contributed by atoms with E-state index in [0.717, 1.165) is 53.4 Å². The minimum Gasteiger partial charge on any atom is -0.204 e. The van der Waals surface area contributed by atoms with Crippen molar-refractivity contribution >= 4 is 0 Å². The molecule has 0 aliphatic heterocycles. The van der Waals surface area contributed by atoms with Crippen LogP contribution in [0.1, 0.15) is 44.6 Å². The predicted octanol–water partition coefficient (Wildman–Crippen LogP) is 5.46. The van der Waals surface area contributed by atoms with Crippen molar-refractivity contribution in [1.29, 1.82) is 0 Å². The van der Waals surface area contributed by atoms with E-state index in [0.29, 0.717) is 5.92 Å². The van der Waals surface area contributed by atoms with Gasteiger partial charge >= 0.3 is 0 Å². The van der Waals surface area contributed by atoms with E-state index >= 15 is 0 Å². The van der Waals surface area contributed by atoms with Crippen LogP contribution in [0.5, 0.6) is 0 Å². The van der Waals surface area contributed by atoms with Crippen LogP contribution < -0.4 is 0 Å². The molecule has 0 saturated heterocycles. The zero-order chi connectivity index (χ0) is 15.7. The van der Waals surface area contributed by atoms with Crippen LogP contribution in [0.2, 0.25) is 0 Å².